The molecule has 0 aliphatic carbocycles. The van der Waals surface area contributed by atoms with Gasteiger partial charge in [0.05, 0.1) is 31.1 Å². The molecule has 0 aromatic carbocycles. The van der Waals surface area contributed by atoms with Gasteiger partial charge in [0.25, 0.3) is 0 Å². The van der Waals surface area contributed by atoms with Crippen LogP contribution in [0.4, 0.5) is 4.79 Å². The van der Waals surface area contributed by atoms with Gasteiger partial charge >= 0.3 is 6.09 Å². The maximum atomic E-state index is 11.6. The minimum Gasteiger partial charge on any atom is -0.444 e. The highest BCUT2D eigenvalue weighted by Gasteiger charge is 2.26. The van der Waals surface area contributed by atoms with Crippen molar-refractivity contribution in [1.29, 1.82) is 0 Å². The van der Waals surface area contributed by atoms with Gasteiger partial charge in [-0.1, -0.05) is 0 Å². The summed E-state index contributed by atoms with van der Waals surface area (Å²) in [5.41, 5.74) is -0.548. The van der Waals surface area contributed by atoms with E-state index in [2.05, 4.69) is 10.0 Å². The first kappa shape index (κ1) is 19.1. The lowest BCUT2D eigenvalue weighted by Gasteiger charge is -2.30. The number of aliphatic hydroxyl groups is 1. The molecule has 130 valence electrons. The average Bonchev–Trinajstić information content (AvgIpc) is 2.35. The number of nitrogens with one attached hydrogen (secondary N) is 2. The summed E-state index contributed by atoms with van der Waals surface area (Å²) in [4.78, 5) is 11.6. The molecular weight excluding hydrogens is 312 g/mol. The summed E-state index contributed by atoms with van der Waals surface area (Å²) in [7, 11) is -3.45. The first-order valence-corrected chi connectivity index (χ1v) is 8.96. The van der Waals surface area contributed by atoms with Gasteiger partial charge in [0.1, 0.15) is 5.60 Å². The predicted octanol–water partition coefficient (Wildman–Crippen LogP) is -0.0296. The number of amides is 1. The molecule has 1 amide bonds. The van der Waals surface area contributed by atoms with Gasteiger partial charge in [-0.05, 0) is 33.6 Å². The van der Waals surface area contributed by atoms with Crippen molar-refractivity contribution in [3.05, 3.63) is 0 Å². The third-order valence-corrected chi connectivity index (χ3v) is 4.31. The van der Waals surface area contributed by atoms with Crippen LogP contribution in [0.3, 0.4) is 0 Å². The zero-order chi connectivity index (χ0) is 16.8. The monoisotopic (exact) mass is 338 g/mol. The molecule has 1 saturated heterocycles. The molecule has 1 rings (SSSR count). The van der Waals surface area contributed by atoms with E-state index in [0.29, 0.717) is 19.4 Å². The van der Waals surface area contributed by atoms with Crippen LogP contribution in [0.2, 0.25) is 0 Å². The first-order valence-electron chi connectivity index (χ1n) is 7.30. The van der Waals surface area contributed by atoms with Crippen molar-refractivity contribution in [2.45, 2.75) is 51.4 Å². The number of ether oxygens (including phenoxy) is 2. The van der Waals surface area contributed by atoms with Crippen LogP contribution in [0.1, 0.15) is 33.6 Å². The van der Waals surface area contributed by atoms with E-state index in [-0.39, 0.29) is 24.4 Å². The smallest absolute Gasteiger partial charge is 0.407 e. The quantitative estimate of drug-likeness (QED) is 0.627. The minimum absolute atomic E-state index is 0.139. The van der Waals surface area contributed by atoms with Crippen molar-refractivity contribution < 1.29 is 27.8 Å². The summed E-state index contributed by atoms with van der Waals surface area (Å²) in [6.07, 6.45) is 0.599. The lowest BCUT2D eigenvalue weighted by atomic mass is 10.1. The minimum atomic E-state index is -3.45. The van der Waals surface area contributed by atoms with Crippen molar-refractivity contribution in [2.75, 3.05) is 25.5 Å². The number of aliphatic hydroxyl groups excluding tert-OH is 1. The Hall–Kier alpha value is -0.900. The Morgan fingerprint density at radius 1 is 1.36 bits per heavy atom. The molecule has 3 N–H and O–H groups in total. The molecule has 0 aromatic rings. The Bertz CT molecular complexity index is 452. The van der Waals surface area contributed by atoms with Crippen molar-refractivity contribution in [3.63, 3.8) is 0 Å². The van der Waals surface area contributed by atoms with Gasteiger partial charge in [0, 0.05) is 6.54 Å². The fourth-order valence-electron chi connectivity index (χ4n) is 1.97. The predicted molar refractivity (Wildman–Crippen MR) is 81.0 cm³/mol. The molecule has 0 radical (unpaired) electrons. The van der Waals surface area contributed by atoms with E-state index < -0.39 is 28.3 Å². The number of hydrogen-bond donors (Lipinski definition) is 3. The number of alkyl carbamates (subject to hydrolysis) is 1. The fraction of sp³-hybridized carbons (Fsp3) is 0.923. The Morgan fingerprint density at radius 2 is 2.05 bits per heavy atom. The Labute approximate surface area is 131 Å². The van der Waals surface area contributed by atoms with Crippen LogP contribution in [0.5, 0.6) is 0 Å². The van der Waals surface area contributed by atoms with Crippen LogP contribution >= 0.6 is 0 Å². The van der Waals surface area contributed by atoms with E-state index in [0.717, 1.165) is 0 Å². The molecule has 1 fully saturated rings. The van der Waals surface area contributed by atoms with Gasteiger partial charge in [0.15, 0.2) is 0 Å². The highest BCUT2D eigenvalue weighted by atomic mass is 32.2. The topological polar surface area (TPSA) is 114 Å². The molecule has 0 unspecified atom stereocenters. The summed E-state index contributed by atoms with van der Waals surface area (Å²) >= 11 is 0. The number of hydrogen-bond acceptors (Lipinski definition) is 6. The highest BCUT2D eigenvalue weighted by Crippen LogP contribution is 2.14. The summed E-state index contributed by atoms with van der Waals surface area (Å²) < 4.78 is 35.9. The van der Waals surface area contributed by atoms with E-state index >= 15 is 0 Å². The van der Waals surface area contributed by atoms with E-state index in [1.165, 1.54) is 0 Å². The van der Waals surface area contributed by atoms with Crippen molar-refractivity contribution in [1.82, 2.24) is 10.0 Å². The maximum absolute atomic E-state index is 11.6. The molecule has 1 heterocycles. The summed E-state index contributed by atoms with van der Waals surface area (Å²) in [5.74, 6) is -0.317. The molecule has 1 aliphatic heterocycles. The van der Waals surface area contributed by atoms with Crippen LogP contribution in [0.25, 0.3) is 0 Å². The van der Waals surface area contributed by atoms with Crippen LogP contribution < -0.4 is 10.0 Å². The Morgan fingerprint density at radius 3 is 2.55 bits per heavy atom. The Kier molecular flexibility index (Phi) is 7.04. The van der Waals surface area contributed by atoms with Crippen LogP contribution in [0, 0.1) is 0 Å². The molecule has 0 bridgehead atoms. The molecular formula is C13H26N2O6S. The highest BCUT2D eigenvalue weighted by molar-refractivity contribution is 7.89. The molecule has 0 spiro atoms. The second kappa shape index (κ2) is 8.09. The second-order valence-electron chi connectivity index (χ2n) is 6.27. The lowest BCUT2D eigenvalue weighted by Crippen LogP contribution is -2.47. The van der Waals surface area contributed by atoms with Gasteiger partial charge in [-0.15, -0.1) is 0 Å². The first-order chi connectivity index (χ1) is 10.1. The Balaban J connectivity index is 2.28. The summed E-state index contributed by atoms with van der Waals surface area (Å²) in [5, 5.41) is 11.4. The van der Waals surface area contributed by atoms with Crippen molar-refractivity contribution in [3.8, 4) is 0 Å². The number of rotatable bonds is 6. The van der Waals surface area contributed by atoms with Crippen LogP contribution in [-0.4, -0.2) is 62.9 Å². The molecule has 8 nitrogen and oxygen atoms in total. The van der Waals surface area contributed by atoms with Crippen LogP contribution in [0.15, 0.2) is 0 Å². The molecule has 22 heavy (non-hydrogen) atoms. The molecule has 0 aromatic heterocycles. The second-order valence-corrected chi connectivity index (χ2v) is 8.19. The summed E-state index contributed by atoms with van der Waals surface area (Å²) in [6.45, 7) is 5.44. The van der Waals surface area contributed by atoms with Gasteiger partial charge in [-0.25, -0.2) is 17.9 Å². The normalized spacial score (nSPS) is 23.1. The standard InChI is InChI=1S/C13H26N2O6S/c1-13(2,3)21-12(17)15-10-4-5-11(20-9-10)8-14-22(18,19)7-6-16/h10-11,14,16H,4-9H2,1-3H3,(H,15,17)/t10-,11+/m1/s1. The third-order valence-electron chi connectivity index (χ3n) is 2.98. The van der Waals surface area contributed by atoms with E-state index in [1.54, 1.807) is 20.8 Å². The van der Waals surface area contributed by atoms with Gasteiger partial charge in [0.2, 0.25) is 10.0 Å². The zero-order valence-corrected chi connectivity index (χ0v) is 14.1. The van der Waals surface area contributed by atoms with Gasteiger partial charge < -0.3 is 19.9 Å². The third kappa shape index (κ3) is 7.92. The number of sulfonamides is 1. The molecule has 9 heteroatoms. The SMILES string of the molecule is CC(C)(C)OC(=O)N[C@@H]1CC[C@@H](CNS(=O)(=O)CCO)OC1. The van der Waals surface area contributed by atoms with E-state index in [1.807, 2.05) is 0 Å². The number of carbonyl (C=O) groups is 1. The molecule has 0 saturated carbocycles. The fourth-order valence-corrected chi connectivity index (χ4v) is 2.79. The van der Waals surface area contributed by atoms with Crippen LogP contribution in [-0.2, 0) is 19.5 Å². The van der Waals surface area contributed by atoms with E-state index in [9.17, 15) is 13.2 Å². The maximum Gasteiger partial charge on any atom is 0.407 e. The van der Waals surface area contributed by atoms with Gasteiger partial charge in [-0.2, -0.15) is 0 Å². The van der Waals surface area contributed by atoms with Crippen molar-refractivity contribution in [2.24, 2.45) is 0 Å². The zero-order valence-electron chi connectivity index (χ0n) is 13.3. The largest absolute Gasteiger partial charge is 0.444 e. The lowest BCUT2D eigenvalue weighted by molar-refractivity contribution is -0.00478. The van der Waals surface area contributed by atoms with E-state index in [4.69, 9.17) is 14.6 Å². The summed E-state index contributed by atoms with van der Waals surface area (Å²) in [6, 6.07) is -0.139. The number of carbonyl (C=O) groups excluding carboxylic acids is 1. The van der Waals surface area contributed by atoms with Crippen molar-refractivity contribution >= 4 is 16.1 Å². The molecule has 1 aliphatic rings. The van der Waals surface area contributed by atoms with Gasteiger partial charge in [-0.3, -0.25) is 0 Å². The molecule has 2 atom stereocenters. The average molecular weight is 338 g/mol.